The molecule has 0 aliphatic carbocycles. The third-order valence-electron chi connectivity index (χ3n) is 3.31. The molecule has 0 atom stereocenters. The minimum absolute atomic E-state index is 0.0372. The molecule has 0 aliphatic rings. The normalized spacial score (nSPS) is 11.5. The van der Waals surface area contributed by atoms with Crippen molar-refractivity contribution in [2.24, 2.45) is 0 Å². The summed E-state index contributed by atoms with van der Waals surface area (Å²) in [5.41, 5.74) is 1.00. The molecule has 3 aromatic rings. The van der Waals surface area contributed by atoms with Crippen LogP contribution in [-0.4, -0.2) is 35.9 Å². The molecule has 0 saturated carbocycles. The number of hydrogen-bond donors (Lipinski definition) is 1. The number of nitrogens with one attached hydrogen (secondary N) is 1. The minimum Gasteiger partial charge on any atom is -0.454 e. The van der Waals surface area contributed by atoms with Gasteiger partial charge in [0.2, 0.25) is 0 Å². The van der Waals surface area contributed by atoms with Crippen LogP contribution < -0.4 is 0 Å². The van der Waals surface area contributed by atoms with E-state index in [0.29, 0.717) is 17.2 Å². The average Bonchev–Trinajstić information content (AvgIpc) is 3.23. The van der Waals surface area contributed by atoms with Crippen LogP contribution in [0, 0.1) is 0 Å². The van der Waals surface area contributed by atoms with Crippen molar-refractivity contribution in [1.82, 2.24) is 29.9 Å². The van der Waals surface area contributed by atoms with E-state index < -0.39 is 5.97 Å². The Morgan fingerprint density at radius 2 is 2.17 bits per heavy atom. The van der Waals surface area contributed by atoms with E-state index in [1.54, 1.807) is 29.2 Å². The number of rotatable bonds is 4. The first-order valence-electron chi connectivity index (χ1n) is 7.47. The summed E-state index contributed by atoms with van der Waals surface area (Å²) in [7, 11) is 0. The van der Waals surface area contributed by atoms with E-state index in [0.717, 1.165) is 5.69 Å². The molecule has 1 N–H and O–H groups in total. The van der Waals surface area contributed by atoms with Crippen LogP contribution in [0.4, 0.5) is 0 Å². The smallest absolute Gasteiger partial charge is 0.338 e. The first-order valence-corrected chi connectivity index (χ1v) is 7.47. The Bertz CT molecular complexity index is 832. The Hall–Kier alpha value is -3.03. The fourth-order valence-corrected chi connectivity index (χ4v) is 2.03. The third kappa shape index (κ3) is 3.48. The van der Waals surface area contributed by atoms with Gasteiger partial charge in [-0.3, -0.25) is 5.10 Å². The summed E-state index contributed by atoms with van der Waals surface area (Å²) in [6.07, 6.45) is 2.99. The molecule has 8 nitrogen and oxygen atoms in total. The summed E-state index contributed by atoms with van der Waals surface area (Å²) in [6.45, 7) is 6.08. The summed E-state index contributed by atoms with van der Waals surface area (Å²) in [6, 6.07) is 6.97. The van der Waals surface area contributed by atoms with Crippen LogP contribution >= 0.6 is 0 Å². The van der Waals surface area contributed by atoms with Crippen molar-refractivity contribution in [1.29, 1.82) is 0 Å². The topological polar surface area (TPSA) is 98.6 Å². The predicted octanol–water partition coefficient (Wildman–Crippen LogP) is 2.04. The Morgan fingerprint density at radius 1 is 1.33 bits per heavy atom. The summed E-state index contributed by atoms with van der Waals surface area (Å²) >= 11 is 0. The number of aromatic nitrogens is 6. The van der Waals surface area contributed by atoms with Gasteiger partial charge >= 0.3 is 5.97 Å². The highest BCUT2D eigenvalue weighted by molar-refractivity contribution is 5.90. The molecule has 24 heavy (non-hydrogen) atoms. The second-order valence-corrected chi connectivity index (χ2v) is 6.32. The zero-order valence-corrected chi connectivity index (χ0v) is 13.7. The molecule has 8 heteroatoms. The summed E-state index contributed by atoms with van der Waals surface area (Å²) in [5.74, 6) is 0.758. The number of ether oxygens (including phenoxy) is 1. The lowest BCUT2D eigenvalue weighted by molar-refractivity contribution is 0.0462. The van der Waals surface area contributed by atoms with Crippen LogP contribution in [0.5, 0.6) is 0 Å². The summed E-state index contributed by atoms with van der Waals surface area (Å²) < 4.78 is 6.87. The fourth-order valence-electron chi connectivity index (χ4n) is 2.03. The quantitative estimate of drug-likeness (QED) is 0.737. The third-order valence-corrected chi connectivity index (χ3v) is 3.31. The van der Waals surface area contributed by atoms with Crippen molar-refractivity contribution in [3.63, 3.8) is 0 Å². The van der Waals surface area contributed by atoms with Gasteiger partial charge in [-0.25, -0.2) is 19.4 Å². The maximum Gasteiger partial charge on any atom is 0.338 e. The maximum atomic E-state index is 12.2. The number of esters is 1. The molecule has 2 aromatic heterocycles. The van der Waals surface area contributed by atoms with E-state index in [9.17, 15) is 4.79 Å². The van der Waals surface area contributed by atoms with Gasteiger partial charge in [-0.15, -0.1) is 0 Å². The van der Waals surface area contributed by atoms with Gasteiger partial charge < -0.3 is 4.74 Å². The lowest BCUT2D eigenvalue weighted by Crippen LogP contribution is -2.13. The van der Waals surface area contributed by atoms with E-state index >= 15 is 0 Å². The minimum atomic E-state index is -0.439. The van der Waals surface area contributed by atoms with Crippen LogP contribution in [0.3, 0.4) is 0 Å². The van der Waals surface area contributed by atoms with Gasteiger partial charge in [0.1, 0.15) is 12.7 Å². The molecule has 0 fully saturated rings. The molecule has 0 spiro atoms. The van der Waals surface area contributed by atoms with E-state index in [-0.39, 0.29) is 12.0 Å². The molecule has 0 bridgehead atoms. The molecule has 0 unspecified atom stereocenters. The standard InChI is InChI=1S/C16H18N6O2/c1-16(2,3)15-19-13(20-21-15)8-24-14(23)11-5-4-6-12(7-11)22-10-17-9-18-22/h4-7,9-10H,8H2,1-3H3,(H,19,20,21). The molecular formula is C16H18N6O2. The van der Waals surface area contributed by atoms with Crippen molar-refractivity contribution >= 4 is 5.97 Å². The fraction of sp³-hybridized carbons (Fsp3) is 0.312. The highest BCUT2D eigenvalue weighted by atomic mass is 16.5. The Kier molecular flexibility index (Phi) is 4.11. The van der Waals surface area contributed by atoms with Crippen molar-refractivity contribution in [2.75, 3.05) is 0 Å². The molecule has 124 valence electrons. The number of hydrogen-bond acceptors (Lipinski definition) is 6. The van der Waals surface area contributed by atoms with Gasteiger partial charge in [-0.2, -0.15) is 10.2 Å². The Labute approximate surface area is 138 Å². The molecule has 0 amide bonds. The number of benzene rings is 1. The van der Waals surface area contributed by atoms with E-state index in [4.69, 9.17) is 4.74 Å². The molecule has 0 radical (unpaired) electrons. The second kappa shape index (κ2) is 6.23. The summed E-state index contributed by atoms with van der Waals surface area (Å²) in [4.78, 5) is 20.4. The van der Waals surface area contributed by atoms with Crippen LogP contribution in [0.2, 0.25) is 0 Å². The SMILES string of the molecule is CC(C)(C)c1n[nH]c(COC(=O)c2cccc(-n3cncn3)c2)n1. The van der Waals surface area contributed by atoms with Crippen molar-refractivity contribution < 1.29 is 9.53 Å². The van der Waals surface area contributed by atoms with Gasteiger partial charge in [0.25, 0.3) is 0 Å². The zero-order chi connectivity index (χ0) is 17.2. The van der Waals surface area contributed by atoms with Gasteiger partial charge in [0.15, 0.2) is 18.3 Å². The van der Waals surface area contributed by atoms with Crippen LogP contribution in [0.1, 0.15) is 42.8 Å². The van der Waals surface area contributed by atoms with E-state index in [2.05, 4.69) is 25.3 Å². The average molecular weight is 326 g/mol. The molecular weight excluding hydrogens is 308 g/mol. The first kappa shape index (κ1) is 15.9. The number of carbonyl (C=O) groups is 1. The van der Waals surface area contributed by atoms with Gasteiger partial charge in [0, 0.05) is 5.41 Å². The molecule has 3 rings (SSSR count). The van der Waals surface area contributed by atoms with E-state index in [1.165, 1.54) is 6.33 Å². The highest BCUT2D eigenvalue weighted by Gasteiger charge is 2.19. The van der Waals surface area contributed by atoms with Crippen LogP contribution in [-0.2, 0) is 16.8 Å². The molecule has 1 aromatic carbocycles. The molecule has 0 saturated heterocycles. The van der Waals surface area contributed by atoms with Crippen molar-refractivity contribution in [3.05, 3.63) is 54.1 Å². The zero-order valence-electron chi connectivity index (χ0n) is 13.7. The molecule has 2 heterocycles. The van der Waals surface area contributed by atoms with Crippen LogP contribution in [0.15, 0.2) is 36.9 Å². The number of nitrogens with zero attached hydrogens (tertiary/aromatic N) is 5. The van der Waals surface area contributed by atoms with Gasteiger partial charge in [-0.05, 0) is 18.2 Å². The van der Waals surface area contributed by atoms with Gasteiger partial charge in [-0.1, -0.05) is 26.8 Å². The monoisotopic (exact) mass is 326 g/mol. The number of aromatic amines is 1. The highest BCUT2D eigenvalue weighted by Crippen LogP contribution is 2.17. The van der Waals surface area contributed by atoms with Crippen LogP contribution in [0.25, 0.3) is 5.69 Å². The van der Waals surface area contributed by atoms with Gasteiger partial charge in [0.05, 0.1) is 11.3 Å². The first-order chi connectivity index (χ1) is 11.4. The van der Waals surface area contributed by atoms with E-state index in [1.807, 2.05) is 26.8 Å². The maximum absolute atomic E-state index is 12.2. The largest absolute Gasteiger partial charge is 0.454 e. The summed E-state index contributed by atoms with van der Waals surface area (Å²) in [5, 5.41) is 11.0. The lowest BCUT2D eigenvalue weighted by Gasteiger charge is -2.11. The lowest BCUT2D eigenvalue weighted by atomic mass is 9.96. The Morgan fingerprint density at radius 3 is 2.83 bits per heavy atom. The molecule has 0 aliphatic heterocycles. The number of H-pyrrole nitrogens is 1. The van der Waals surface area contributed by atoms with Crippen molar-refractivity contribution in [3.8, 4) is 5.69 Å². The predicted molar refractivity (Wildman–Crippen MR) is 85.6 cm³/mol. The Balaban J connectivity index is 1.67. The van der Waals surface area contributed by atoms with Crippen molar-refractivity contribution in [2.45, 2.75) is 32.8 Å². The number of carbonyl (C=O) groups excluding carboxylic acids is 1. The second-order valence-electron chi connectivity index (χ2n) is 6.32.